The fourth-order valence-electron chi connectivity index (χ4n) is 8.33. The van der Waals surface area contributed by atoms with Crippen LogP contribution < -0.4 is 0 Å². The van der Waals surface area contributed by atoms with Crippen molar-refractivity contribution in [3.8, 4) is 11.1 Å². The van der Waals surface area contributed by atoms with Crippen LogP contribution in [0, 0.1) is 0 Å². The Labute approximate surface area is 294 Å². The standard InChI is InChI=1S/C47H32S2/c1-2-10-31(11-3-1)29-47(30-32-18-20-33(21-19-32)36-22-25-40-39-16-8-9-17-41(39)48-44(40)28-36)45-37-14-6-4-12-34(37)23-26-42(45)49-43-27-24-35-13-5-7-15-38(35)46(43)47/h1-28H,29-30H2. The Hall–Kier alpha value is -5.15. The minimum atomic E-state index is -0.281. The lowest BCUT2D eigenvalue weighted by molar-refractivity contribution is 0.494. The van der Waals surface area contributed by atoms with Crippen molar-refractivity contribution in [2.75, 3.05) is 0 Å². The smallest absolute Gasteiger partial charge is 0.0361 e. The van der Waals surface area contributed by atoms with E-state index in [2.05, 4.69) is 170 Å². The summed E-state index contributed by atoms with van der Waals surface area (Å²) in [6.07, 6.45) is 1.82. The number of hydrogen-bond acceptors (Lipinski definition) is 2. The third kappa shape index (κ3) is 4.74. The first-order chi connectivity index (χ1) is 24.2. The highest BCUT2D eigenvalue weighted by molar-refractivity contribution is 7.99. The van der Waals surface area contributed by atoms with Gasteiger partial charge < -0.3 is 0 Å². The summed E-state index contributed by atoms with van der Waals surface area (Å²) in [5, 5.41) is 8.01. The van der Waals surface area contributed by atoms with Crippen LogP contribution in [0.15, 0.2) is 180 Å². The minimum Gasteiger partial charge on any atom is -0.135 e. The molecule has 2 heteroatoms. The Morgan fingerprint density at radius 2 is 0.918 bits per heavy atom. The molecule has 1 aliphatic rings. The molecule has 0 bridgehead atoms. The van der Waals surface area contributed by atoms with Crippen LogP contribution in [0.3, 0.4) is 0 Å². The molecule has 0 N–H and O–H groups in total. The van der Waals surface area contributed by atoms with Crippen molar-refractivity contribution in [2.24, 2.45) is 0 Å². The van der Waals surface area contributed by atoms with Gasteiger partial charge in [0.05, 0.1) is 0 Å². The third-order valence-electron chi connectivity index (χ3n) is 10.5. The Morgan fingerprint density at radius 1 is 0.388 bits per heavy atom. The molecule has 1 aliphatic heterocycles. The maximum Gasteiger partial charge on any atom is 0.0361 e. The molecule has 49 heavy (non-hydrogen) atoms. The van der Waals surface area contributed by atoms with Crippen LogP contribution in [0.5, 0.6) is 0 Å². The van der Waals surface area contributed by atoms with Crippen LogP contribution in [-0.4, -0.2) is 0 Å². The number of thiophene rings is 1. The quantitative estimate of drug-likeness (QED) is 0.177. The molecule has 2 heterocycles. The van der Waals surface area contributed by atoms with Crippen molar-refractivity contribution in [1.82, 2.24) is 0 Å². The topological polar surface area (TPSA) is 0 Å². The maximum absolute atomic E-state index is 2.38. The Kier molecular flexibility index (Phi) is 6.75. The Morgan fingerprint density at radius 3 is 1.59 bits per heavy atom. The monoisotopic (exact) mass is 660 g/mol. The highest BCUT2D eigenvalue weighted by atomic mass is 32.2. The second-order valence-corrected chi connectivity index (χ2v) is 15.5. The SMILES string of the molecule is c1ccc(CC2(Cc3ccc(-c4ccc5c(c4)sc4ccccc45)cc3)c3c(ccc4ccccc34)Sc3ccc4ccccc4c32)cc1. The lowest BCUT2D eigenvalue weighted by atomic mass is 9.64. The molecule has 232 valence electrons. The third-order valence-corrected chi connectivity index (χ3v) is 12.7. The summed E-state index contributed by atoms with van der Waals surface area (Å²) < 4.78 is 2.69. The molecule has 10 rings (SSSR count). The average Bonchev–Trinajstić information content (AvgIpc) is 3.53. The summed E-state index contributed by atoms with van der Waals surface area (Å²) in [4.78, 5) is 2.73. The molecule has 0 saturated heterocycles. The van der Waals surface area contributed by atoms with Gasteiger partial charge >= 0.3 is 0 Å². The molecule has 0 atom stereocenters. The highest BCUT2D eigenvalue weighted by Gasteiger charge is 2.43. The zero-order valence-corrected chi connectivity index (χ0v) is 28.5. The molecule has 8 aromatic carbocycles. The predicted octanol–water partition coefficient (Wildman–Crippen LogP) is 13.3. The van der Waals surface area contributed by atoms with Gasteiger partial charge in [-0.3, -0.25) is 0 Å². The number of fused-ring (bicyclic) bond motifs is 9. The lowest BCUT2D eigenvalue weighted by Crippen LogP contribution is -2.36. The fraction of sp³-hybridized carbons (Fsp3) is 0.0638. The van der Waals surface area contributed by atoms with Crippen LogP contribution >= 0.6 is 23.1 Å². The molecule has 0 spiro atoms. The van der Waals surface area contributed by atoms with Crippen molar-refractivity contribution in [3.05, 3.63) is 192 Å². The molecule has 1 aromatic heterocycles. The number of rotatable bonds is 5. The summed E-state index contributed by atoms with van der Waals surface area (Å²) in [5.41, 5.74) is 7.89. The number of hydrogen-bond donors (Lipinski definition) is 0. The van der Waals surface area contributed by atoms with E-state index in [1.165, 1.54) is 84.9 Å². The molecular weight excluding hydrogens is 629 g/mol. The van der Waals surface area contributed by atoms with Gasteiger partial charge in [-0.05, 0) is 92.0 Å². The molecule has 0 amide bonds. The molecule has 0 fully saturated rings. The van der Waals surface area contributed by atoms with Crippen LogP contribution in [0.25, 0.3) is 52.8 Å². The summed E-state index contributed by atoms with van der Waals surface area (Å²) in [6.45, 7) is 0. The van der Waals surface area contributed by atoms with E-state index in [1.54, 1.807) is 0 Å². The lowest BCUT2D eigenvalue weighted by Gasteiger charge is -2.43. The second-order valence-electron chi connectivity index (χ2n) is 13.3. The average molecular weight is 661 g/mol. The van der Waals surface area contributed by atoms with Gasteiger partial charge in [0.25, 0.3) is 0 Å². The van der Waals surface area contributed by atoms with E-state index in [0.29, 0.717) is 0 Å². The van der Waals surface area contributed by atoms with E-state index in [0.717, 1.165) is 12.8 Å². The van der Waals surface area contributed by atoms with Crippen LogP contribution in [0.2, 0.25) is 0 Å². The molecule has 0 saturated carbocycles. The van der Waals surface area contributed by atoms with Gasteiger partial charge in [-0.15, -0.1) is 11.3 Å². The van der Waals surface area contributed by atoms with Gasteiger partial charge in [0, 0.05) is 35.4 Å². The summed E-state index contributed by atoms with van der Waals surface area (Å²) in [7, 11) is 0. The first kappa shape index (κ1) is 28.8. The maximum atomic E-state index is 2.38. The van der Waals surface area contributed by atoms with E-state index in [9.17, 15) is 0 Å². The predicted molar refractivity (Wildman–Crippen MR) is 211 cm³/mol. The largest absolute Gasteiger partial charge is 0.135 e. The summed E-state index contributed by atoms with van der Waals surface area (Å²) in [6, 6.07) is 63.6. The van der Waals surface area contributed by atoms with Gasteiger partial charge in [0.2, 0.25) is 0 Å². The molecular formula is C47H32S2. The second kappa shape index (κ2) is 11.5. The Balaban J connectivity index is 1.17. The zero-order chi connectivity index (χ0) is 32.4. The summed E-state index contributed by atoms with van der Waals surface area (Å²) in [5.74, 6) is 0. The van der Waals surface area contributed by atoms with Crippen LogP contribution in [0.1, 0.15) is 22.3 Å². The first-order valence-corrected chi connectivity index (χ1v) is 18.6. The van der Waals surface area contributed by atoms with Crippen molar-refractivity contribution in [3.63, 3.8) is 0 Å². The van der Waals surface area contributed by atoms with E-state index in [-0.39, 0.29) is 5.41 Å². The molecule has 0 aliphatic carbocycles. The van der Waals surface area contributed by atoms with Crippen molar-refractivity contribution < 1.29 is 0 Å². The van der Waals surface area contributed by atoms with Gasteiger partial charge in [0.1, 0.15) is 0 Å². The first-order valence-electron chi connectivity index (χ1n) is 17.0. The van der Waals surface area contributed by atoms with Gasteiger partial charge in [-0.2, -0.15) is 0 Å². The van der Waals surface area contributed by atoms with Crippen LogP contribution in [0.4, 0.5) is 0 Å². The zero-order valence-electron chi connectivity index (χ0n) is 26.9. The van der Waals surface area contributed by atoms with Gasteiger partial charge in [-0.25, -0.2) is 0 Å². The van der Waals surface area contributed by atoms with E-state index >= 15 is 0 Å². The van der Waals surface area contributed by atoms with E-state index < -0.39 is 0 Å². The van der Waals surface area contributed by atoms with Gasteiger partial charge in [-0.1, -0.05) is 157 Å². The number of benzene rings is 8. The van der Waals surface area contributed by atoms with Gasteiger partial charge in [0.15, 0.2) is 0 Å². The Bertz CT molecular complexity index is 2600. The summed E-state index contributed by atoms with van der Waals surface area (Å²) >= 11 is 3.82. The molecule has 0 radical (unpaired) electrons. The van der Waals surface area contributed by atoms with E-state index in [1.807, 2.05) is 23.1 Å². The van der Waals surface area contributed by atoms with Crippen molar-refractivity contribution >= 4 is 64.8 Å². The van der Waals surface area contributed by atoms with Crippen molar-refractivity contribution in [1.29, 1.82) is 0 Å². The highest BCUT2D eigenvalue weighted by Crippen LogP contribution is 2.56. The molecule has 0 unspecified atom stereocenters. The van der Waals surface area contributed by atoms with E-state index in [4.69, 9.17) is 0 Å². The fourth-order valence-corrected chi connectivity index (χ4v) is 10.8. The molecule has 0 nitrogen and oxygen atoms in total. The molecule has 9 aromatic rings. The minimum absolute atomic E-state index is 0.281. The van der Waals surface area contributed by atoms with Crippen molar-refractivity contribution in [2.45, 2.75) is 28.0 Å². The normalized spacial score (nSPS) is 13.6. The van der Waals surface area contributed by atoms with Crippen LogP contribution in [-0.2, 0) is 18.3 Å².